The molecule has 0 saturated heterocycles. The van der Waals surface area contributed by atoms with Gasteiger partial charge < -0.3 is 19.5 Å². The summed E-state index contributed by atoms with van der Waals surface area (Å²) in [6.45, 7) is 2.69. The van der Waals surface area contributed by atoms with Crippen molar-refractivity contribution in [3.8, 4) is 17.2 Å². The second kappa shape index (κ2) is 6.39. The molecule has 0 atom stereocenters. The standard InChI is InChI=1S/C17H17NO4/c1-12-3-2-4-13(7-12)9-18-17(19)10-20-14-5-6-15-16(8-14)22-11-21-15/h2-8H,9-11H2,1H3,(H,18,19). The third kappa shape index (κ3) is 3.49. The average molecular weight is 299 g/mol. The fourth-order valence-electron chi connectivity index (χ4n) is 2.19. The van der Waals surface area contributed by atoms with E-state index in [1.54, 1.807) is 18.2 Å². The highest BCUT2D eigenvalue weighted by molar-refractivity contribution is 5.77. The van der Waals surface area contributed by atoms with Crippen molar-refractivity contribution in [3.05, 3.63) is 53.6 Å². The van der Waals surface area contributed by atoms with Crippen LogP contribution in [0, 0.1) is 6.92 Å². The Morgan fingerprint density at radius 3 is 2.91 bits per heavy atom. The molecule has 0 aromatic heterocycles. The molecule has 1 heterocycles. The van der Waals surface area contributed by atoms with Crippen LogP contribution in [-0.4, -0.2) is 19.3 Å². The second-order valence-electron chi connectivity index (χ2n) is 5.07. The maximum Gasteiger partial charge on any atom is 0.258 e. The maximum atomic E-state index is 11.8. The van der Waals surface area contributed by atoms with Crippen molar-refractivity contribution < 1.29 is 19.0 Å². The minimum atomic E-state index is -0.167. The van der Waals surface area contributed by atoms with Crippen molar-refractivity contribution in [2.45, 2.75) is 13.5 Å². The van der Waals surface area contributed by atoms with Gasteiger partial charge in [0.05, 0.1) is 0 Å². The SMILES string of the molecule is Cc1cccc(CNC(=O)COc2ccc3c(c2)OCO3)c1. The predicted molar refractivity (Wildman–Crippen MR) is 81.1 cm³/mol. The Hall–Kier alpha value is -2.69. The number of fused-ring (bicyclic) bond motifs is 1. The summed E-state index contributed by atoms with van der Waals surface area (Å²) in [6.07, 6.45) is 0. The Morgan fingerprint density at radius 2 is 2.05 bits per heavy atom. The van der Waals surface area contributed by atoms with Gasteiger partial charge in [0.2, 0.25) is 6.79 Å². The molecule has 1 amide bonds. The summed E-state index contributed by atoms with van der Waals surface area (Å²) in [5.74, 6) is 1.74. The molecule has 0 saturated carbocycles. The maximum absolute atomic E-state index is 11.8. The van der Waals surface area contributed by atoms with E-state index in [-0.39, 0.29) is 19.3 Å². The van der Waals surface area contributed by atoms with E-state index in [0.717, 1.165) is 5.56 Å². The lowest BCUT2D eigenvalue weighted by Gasteiger charge is -2.08. The van der Waals surface area contributed by atoms with Crippen LogP contribution in [0.2, 0.25) is 0 Å². The van der Waals surface area contributed by atoms with Crippen LogP contribution in [0.5, 0.6) is 17.2 Å². The molecule has 22 heavy (non-hydrogen) atoms. The van der Waals surface area contributed by atoms with E-state index < -0.39 is 0 Å². The highest BCUT2D eigenvalue weighted by Gasteiger charge is 2.14. The molecule has 2 aromatic carbocycles. The minimum absolute atomic E-state index is 0.0363. The Balaban J connectivity index is 1.48. The number of rotatable bonds is 5. The molecule has 0 radical (unpaired) electrons. The summed E-state index contributed by atoms with van der Waals surface area (Å²) in [4.78, 5) is 11.8. The van der Waals surface area contributed by atoms with Crippen LogP contribution >= 0.6 is 0 Å². The summed E-state index contributed by atoms with van der Waals surface area (Å²) in [5, 5.41) is 2.83. The summed E-state index contributed by atoms with van der Waals surface area (Å²) in [7, 11) is 0. The molecule has 0 fully saturated rings. The van der Waals surface area contributed by atoms with Gasteiger partial charge >= 0.3 is 0 Å². The third-order valence-electron chi connectivity index (χ3n) is 3.29. The molecule has 5 nitrogen and oxygen atoms in total. The van der Waals surface area contributed by atoms with E-state index in [2.05, 4.69) is 5.32 Å². The van der Waals surface area contributed by atoms with Crippen LogP contribution in [0.15, 0.2) is 42.5 Å². The third-order valence-corrected chi connectivity index (χ3v) is 3.29. The second-order valence-corrected chi connectivity index (χ2v) is 5.07. The van der Waals surface area contributed by atoms with Crippen molar-refractivity contribution >= 4 is 5.91 Å². The largest absolute Gasteiger partial charge is 0.484 e. The molecule has 0 bridgehead atoms. The fourth-order valence-corrected chi connectivity index (χ4v) is 2.19. The quantitative estimate of drug-likeness (QED) is 0.921. The van der Waals surface area contributed by atoms with Crippen molar-refractivity contribution in [3.63, 3.8) is 0 Å². The van der Waals surface area contributed by atoms with E-state index in [1.807, 2.05) is 31.2 Å². The smallest absolute Gasteiger partial charge is 0.258 e. The summed E-state index contributed by atoms with van der Waals surface area (Å²) in [6, 6.07) is 13.2. The van der Waals surface area contributed by atoms with Gasteiger partial charge in [0.15, 0.2) is 18.1 Å². The fraction of sp³-hybridized carbons (Fsp3) is 0.235. The van der Waals surface area contributed by atoms with E-state index >= 15 is 0 Å². The summed E-state index contributed by atoms with van der Waals surface area (Å²) < 4.78 is 15.9. The lowest BCUT2D eigenvalue weighted by atomic mass is 10.1. The zero-order chi connectivity index (χ0) is 15.4. The van der Waals surface area contributed by atoms with Gasteiger partial charge in [-0.05, 0) is 24.6 Å². The molecule has 1 aliphatic rings. The van der Waals surface area contributed by atoms with Crippen LogP contribution in [0.4, 0.5) is 0 Å². The normalized spacial score (nSPS) is 12.0. The number of hydrogen-bond acceptors (Lipinski definition) is 4. The monoisotopic (exact) mass is 299 g/mol. The highest BCUT2D eigenvalue weighted by Crippen LogP contribution is 2.34. The molecule has 114 valence electrons. The number of ether oxygens (including phenoxy) is 3. The van der Waals surface area contributed by atoms with Crippen molar-refractivity contribution in [1.29, 1.82) is 0 Å². The number of amides is 1. The Morgan fingerprint density at radius 1 is 1.18 bits per heavy atom. The van der Waals surface area contributed by atoms with Crippen molar-refractivity contribution in [1.82, 2.24) is 5.32 Å². The van der Waals surface area contributed by atoms with Crippen LogP contribution in [0.1, 0.15) is 11.1 Å². The molecular weight excluding hydrogens is 282 g/mol. The van der Waals surface area contributed by atoms with Gasteiger partial charge in [-0.25, -0.2) is 0 Å². The first-order chi connectivity index (χ1) is 10.7. The average Bonchev–Trinajstić information content (AvgIpc) is 2.98. The zero-order valence-corrected chi connectivity index (χ0v) is 12.3. The van der Waals surface area contributed by atoms with E-state index in [4.69, 9.17) is 14.2 Å². The lowest BCUT2D eigenvalue weighted by Crippen LogP contribution is -2.28. The number of nitrogens with one attached hydrogen (secondary N) is 1. The van der Waals surface area contributed by atoms with E-state index in [1.165, 1.54) is 5.56 Å². The first-order valence-electron chi connectivity index (χ1n) is 7.05. The first-order valence-corrected chi connectivity index (χ1v) is 7.05. The van der Waals surface area contributed by atoms with Crippen LogP contribution < -0.4 is 19.5 Å². The number of carbonyl (C=O) groups excluding carboxylic acids is 1. The van der Waals surface area contributed by atoms with Gasteiger partial charge in [0, 0.05) is 12.6 Å². The van der Waals surface area contributed by atoms with Gasteiger partial charge in [0.1, 0.15) is 5.75 Å². The molecule has 1 N–H and O–H groups in total. The summed E-state index contributed by atoms with van der Waals surface area (Å²) in [5.41, 5.74) is 2.24. The topological polar surface area (TPSA) is 56.8 Å². The van der Waals surface area contributed by atoms with Gasteiger partial charge in [-0.3, -0.25) is 4.79 Å². The molecule has 0 spiro atoms. The highest BCUT2D eigenvalue weighted by atomic mass is 16.7. The number of aryl methyl sites for hydroxylation is 1. The summed E-state index contributed by atoms with van der Waals surface area (Å²) >= 11 is 0. The van der Waals surface area contributed by atoms with Gasteiger partial charge in [-0.1, -0.05) is 29.8 Å². The minimum Gasteiger partial charge on any atom is -0.484 e. The zero-order valence-electron chi connectivity index (χ0n) is 12.3. The van der Waals surface area contributed by atoms with Crippen molar-refractivity contribution in [2.75, 3.05) is 13.4 Å². The molecule has 3 rings (SSSR count). The van der Waals surface area contributed by atoms with Crippen molar-refractivity contribution in [2.24, 2.45) is 0 Å². The Labute approximate surface area is 128 Å². The number of carbonyl (C=O) groups is 1. The molecule has 2 aromatic rings. The van der Waals surface area contributed by atoms with E-state index in [0.29, 0.717) is 23.8 Å². The Kier molecular flexibility index (Phi) is 4.14. The first kappa shape index (κ1) is 14.3. The van der Waals surface area contributed by atoms with Gasteiger partial charge in [-0.2, -0.15) is 0 Å². The van der Waals surface area contributed by atoms with Crippen LogP contribution in [0.25, 0.3) is 0 Å². The number of hydrogen-bond donors (Lipinski definition) is 1. The predicted octanol–water partition coefficient (Wildman–Crippen LogP) is 2.42. The molecule has 0 unspecified atom stereocenters. The van der Waals surface area contributed by atoms with Gasteiger partial charge in [-0.15, -0.1) is 0 Å². The lowest BCUT2D eigenvalue weighted by molar-refractivity contribution is -0.123. The molecule has 0 aliphatic carbocycles. The number of benzene rings is 2. The molecule has 5 heteroatoms. The van der Waals surface area contributed by atoms with Crippen LogP contribution in [-0.2, 0) is 11.3 Å². The molecular formula is C17H17NO4. The molecule has 1 aliphatic heterocycles. The Bertz CT molecular complexity index is 684. The van der Waals surface area contributed by atoms with E-state index in [9.17, 15) is 4.79 Å². The van der Waals surface area contributed by atoms with Gasteiger partial charge in [0.25, 0.3) is 5.91 Å². The van der Waals surface area contributed by atoms with Crippen LogP contribution in [0.3, 0.4) is 0 Å².